The number of carbonyl (C=O) groups is 1. The normalized spacial score (nSPS) is 18.3. The topological polar surface area (TPSA) is 76.0 Å². The number of carbonyl (C=O) groups excluding carboxylic acids is 1. The van der Waals surface area contributed by atoms with E-state index in [0.29, 0.717) is 24.9 Å². The molecule has 1 N–H and O–H groups in total. The van der Waals surface area contributed by atoms with Crippen molar-refractivity contribution in [2.75, 3.05) is 33.4 Å². The molecule has 0 atom stereocenters. The van der Waals surface area contributed by atoms with Crippen molar-refractivity contribution in [1.82, 2.24) is 15.2 Å². The average molecular weight is 374 g/mol. The Balaban J connectivity index is 1.46. The fourth-order valence-corrected chi connectivity index (χ4v) is 3.23. The van der Waals surface area contributed by atoms with Gasteiger partial charge >= 0.3 is 5.97 Å². The van der Waals surface area contributed by atoms with Crippen LogP contribution in [0.4, 0.5) is 0 Å². The Bertz CT molecular complexity index is 652. The summed E-state index contributed by atoms with van der Waals surface area (Å²) in [5.74, 6) is 2.19. The first-order chi connectivity index (χ1) is 13.2. The minimum atomic E-state index is -0.0735. The zero-order valence-electron chi connectivity index (χ0n) is 16.3. The van der Waals surface area contributed by atoms with E-state index in [9.17, 15) is 4.79 Å². The van der Waals surface area contributed by atoms with E-state index < -0.39 is 0 Å². The van der Waals surface area contributed by atoms with Crippen molar-refractivity contribution >= 4 is 11.9 Å². The maximum Gasteiger partial charge on any atom is 0.309 e. The van der Waals surface area contributed by atoms with E-state index in [0.717, 1.165) is 44.1 Å². The molecule has 7 nitrogen and oxygen atoms in total. The van der Waals surface area contributed by atoms with Gasteiger partial charge in [0.05, 0.1) is 19.1 Å². The number of likely N-dealkylation sites (tertiary alicyclic amines) is 1. The van der Waals surface area contributed by atoms with Gasteiger partial charge < -0.3 is 19.7 Å². The first-order valence-corrected chi connectivity index (χ1v) is 9.89. The number of piperidine rings is 1. The van der Waals surface area contributed by atoms with E-state index in [4.69, 9.17) is 9.47 Å². The van der Waals surface area contributed by atoms with Gasteiger partial charge in [0, 0.05) is 38.9 Å². The molecule has 0 unspecified atom stereocenters. The molecule has 2 aliphatic rings. The highest BCUT2D eigenvalue weighted by molar-refractivity contribution is 5.80. The zero-order chi connectivity index (χ0) is 19.1. The summed E-state index contributed by atoms with van der Waals surface area (Å²) in [6.07, 6.45) is 5.92. The van der Waals surface area contributed by atoms with Gasteiger partial charge in [0.2, 0.25) is 5.88 Å². The van der Waals surface area contributed by atoms with Crippen LogP contribution >= 0.6 is 0 Å². The van der Waals surface area contributed by atoms with Crippen LogP contribution in [0.2, 0.25) is 0 Å². The minimum absolute atomic E-state index is 0.00526. The van der Waals surface area contributed by atoms with Gasteiger partial charge in [-0.2, -0.15) is 0 Å². The van der Waals surface area contributed by atoms with Crippen LogP contribution in [0.1, 0.15) is 38.2 Å². The lowest BCUT2D eigenvalue weighted by molar-refractivity contribution is -0.149. The van der Waals surface area contributed by atoms with Gasteiger partial charge in [-0.05, 0) is 50.2 Å². The predicted molar refractivity (Wildman–Crippen MR) is 104 cm³/mol. The van der Waals surface area contributed by atoms with Gasteiger partial charge in [-0.3, -0.25) is 9.79 Å². The molecule has 1 aromatic heterocycles. The highest BCUT2D eigenvalue weighted by atomic mass is 16.5. The Labute approximate surface area is 161 Å². The largest absolute Gasteiger partial charge is 0.477 e. The number of aromatic nitrogens is 1. The van der Waals surface area contributed by atoms with Gasteiger partial charge in [0.25, 0.3) is 0 Å². The summed E-state index contributed by atoms with van der Waals surface area (Å²) in [6, 6.07) is 3.97. The summed E-state index contributed by atoms with van der Waals surface area (Å²) in [5.41, 5.74) is 1.11. The standard InChI is InChI=1S/C20H30N4O3/c1-3-26-19(25)17-7-10-24(11-8-17)20(21-2)23-13-16-6-9-22-18(12-16)27-14-15-4-5-15/h6,9,12,15,17H,3-5,7-8,10-11,13-14H2,1-2H3,(H,21,23). The van der Waals surface area contributed by atoms with E-state index in [1.165, 1.54) is 12.8 Å². The molecule has 0 bridgehead atoms. The van der Waals surface area contributed by atoms with Crippen molar-refractivity contribution in [3.05, 3.63) is 23.9 Å². The van der Waals surface area contributed by atoms with E-state index in [1.807, 2.05) is 19.1 Å². The third-order valence-corrected chi connectivity index (χ3v) is 5.04. The summed E-state index contributed by atoms with van der Waals surface area (Å²) in [7, 11) is 1.79. The molecule has 2 heterocycles. The Morgan fingerprint density at radius 3 is 2.78 bits per heavy atom. The number of rotatable bonds is 7. The van der Waals surface area contributed by atoms with E-state index in [1.54, 1.807) is 13.2 Å². The number of esters is 1. The van der Waals surface area contributed by atoms with Crippen LogP contribution in [0.15, 0.2) is 23.3 Å². The lowest BCUT2D eigenvalue weighted by Gasteiger charge is -2.33. The molecule has 3 rings (SSSR count). The third kappa shape index (κ3) is 5.84. The lowest BCUT2D eigenvalue weighted by Crippen LogP contribution is -2.46. The number of ether oxygens (including phenoxy) is 2. The third-order valence-electron chi connectivity index (χ3n) is 5.04. The van der Waals surface area contributed by atoms with Crippen LogP contribution in [0.5, 0.6) is 5.88 Å². The van der Waals surface area contributed by atoms with E-state index >= 15 is 0 Å². The summed E-state index contributed by atoms with van der Waals surface area (Å²) in [5, 5.41) is 3.41. The molecular weight excluding hydrogens is 344 g/mol. The number of nitrogens with zero attached hydrogens (tertiary/aromatic N) is 3. The molecular formula is C20H30N4O3. The van der Waals surface area contributed by atoms with E-state index in [-0.39, 0.29) is 11.9 Å². The van der Waals surface area contributed by atoms with E-state index in [2.05, 4.69) is 20.2 Å². The molecule has 0 radical (unpaired) electrons. The number of hydrogen-bond donors (Lipinski definition) is 1. The second-order valence-corrected chi connectivity index (χ2v) is 7.17. The quantitative estimate of drug-likeness (QED) is 0.448. The van der Waals surface area contributed by atoms with Gasteiger partial charge in [0.15, 0.2) is 5.96 Å². The van der Waals surface area contributed by atoms with Gasteiger partial charge in [-0.15, -0.1) is 0 Å². The van der Waals surface area contributed by atoms with Crippen LogP contribution in [0.25, 0.3) is 0 Å². The molecule has 2 fully saturated rings. The number of nitrogens with one attached hydrogen (secondary N) is 1. The highest BCUT2D eigenvalue weighted by Gasteiger charge is 2.27. The van der Waals surface area contributed by atoms with Crippen molar-refractivity contribution in [3.8, 4) is 5.88 Å². The van der Waals surface area contributed by atoms with Gasteiger partial charge in [0.1, 0.15) is 0 Å². The number of guanidine groups is 1. The average Bonchev–Trinajstić information content (AvgIpc) is 3.52. The molecule has 27 heavy (non-hydrogen) atoms. The van der Waals surface area contributed by atoms with Crippen LogP contribution in [0, 0.1) is 11.8 Å². The number of pyridine rings is 1. The van der Waals surface area contributed by atoms with Crippen LogP contribution in [-0.4, -0.2) is 55.2 Å². The highest BCUT2D eigenvalue weighted by Crippen LogP contribution is 2.29. The van der Waals surface area contributed by atoms with Gasteiger partial charge in [-0.25, -0.2) is 4.98 Å². The monoisotopic (exact) mass is 374 g/mol. The summed E-state index contributed by atoms with van der Waals surface area (Å²) >= 11 is 0. The Kier molecular flexibility index (Phi) is 6.90. The number of aliphatic imine (C=N–C) groups is 1. The van der Waals surface area contributed by atoms with Crippen LogP contribution < -0.4 is 10.1 Å². The molecule has 1 saturated heterocycles. The molecule has 1 aliphatic heterocycles. The second kappa shape index (κ2) is 9.58. The SMILES string of the molecule is CCOC(=O)C1CCN(C(=NC)NCc2ccnc(OCC3CC3)c2)CC1. The lowest BCUT2D eigenvalue weighted by atomic mass is 9.97. The zero-order valence-corrected chi connectivity index (χ0v) is 16.3. The van der Waals surface area contributed by atoms with Gasteiger partial charge in [-0.1, -0.05) is 0 Å². The van der Waals surface area contributed by atoms with Crippen molar-refractivity contribution in [2.45, 2.75) is 39.2 Å². The molecule has 0 aromatic carbocycles. The van der Waals surface area contributed by atoms with Crippen molar-refractivity contribution in [2.24, 2.45) is 16.8 Å². The predicted octanol–water partition coefficient (Wildman–Crippen LogP) is 2.22. The summed E-state index contributed by atoms with van der Waals surface area (Å²) in [4.78, 5) is 22.8. The second-order valence-electron chi connectivity index (χ2n) is 7.17. The smallest absolute Gasteiger partial charge is 0.309 e. The summed E-state index contributed by atoms with van der Waals surface area (Å²) < 4.78 is 10.9. The molecule has 1 aromatic rings. The van der Waals surface area contributed by atoms with Crippen molar-refractivity contribution in [3.63, 3.8) is 0 Å². The first-order valence-electron chi connectivity index (χ1n) is 9.89. The molecule has 1 saturated carbocycles. The van der Waals surface area contributed by atoms with Crippen LogP contribution in [0.3, 0.4) is 0 Å². The Morgan fingerprint density at radius 2 is 2.11 bits per heavy atom. The molecule has 0 spiro atoms. The molecule has 1 aliphatic carbocycles. The van der Waals surface area contributed by atoms with Crippen molar-refractivity contribution < 1.29 is 14.3 Å². The molecule has 0 amide bonds. The Hall–Kier alpha value is -2.31. The van der Waals surface area contributed by atoms with Crippen molar-refractivity contribution in [1.29, 1.82) is 0 Å². The molecule has 148 valence electrons. The minimum Gasteiger partial charge on any atom is -0.477 e. The fraction of sp³-hybridized carbons (Fsp3) is 0.650. The molecule has 7 heteroatoms. The maximum absolute atomic E-state index is 11.9. The fourth-order valence-electron chi connectivity index (χ4n) is 3.23. The number of hydrogen-bond acceptors (Lipinski definition) is 5. The van der Waals surface area contributed by atoms with Crippen LogP contribution in [-0.2, 0) is 16.1 Å². The first kappa shape index (κ1) is 19.5. The summed E-state index contributed by atoms with van der Waals surface area (Å²) in [6.45, 7) is 5.32. The maximum atomic E-state index is 11.9. The Morgan fingerprint density at radius 1 is 1.33 bits per heavy atom.